The molecule has 1 N–H and O–H groups in total. The Morgan fingerprint density at radius 2 is 1.77 bits per heavy atom. The zero-order chi connectivity index (χ0) is 10.2. The summed E-state index contributed by atoms with van der Waals surface area (Å²) in [4.78, 5) is 10.4. The summed E-state index contributed by atoms with van der Waals surface area (Å²) in [6, 6.07) is 0.838. The van der Waals surface area contributed by atoms with Crippen LogP contribution in [-0.2, 0) is 0 Å². The lowest BCUT2D eigenvalue weighted by molar-refractivity contribution is 0.0691. The average Bonchev–Trinajstić information content (AvgIpc) is 1.99. The monoisotopic (exact) mass is 226 g/mol. The second-order valence-corrected chi connectivity index (χ2v) is 2.96. The topological polar surface area (TPSA) is 37.3 Å². The maximum absolute atomic E-state index is 12.8. The van der Waals surface area contributed by atoms with E-state index in [1.807, 2.05) is 0 Å². The third-order valence-corrected chi connectivity index (χ3v) is 1.90. The van der Waals surface area contributed by atoms with Gasteiger partial charge >= 0.3 is 5.97 Å². The Morgan fingerprint density at radius 1 is 1.23 bits per heavy atom. The molecule has 0 saturated carbocycles. The Bertz CT molecular complexity index is 379. The lowest BCUT2D eigenvalue weighted by Crippen LogP contribution is -2.04. The minimum Gasteiger partial charge on any atom is -0.478 e. The summed E-state index contributed by atoms with van der Waals surface area (Å²) in [5, 5.41) is 7.45. The van der Waals surface area contributed by atoms with Crippen LogP contribution in [-0.4, -0.2) is 11.1 Å². The molecule has 1 aromatic carbocycles. The quantitative estimate of drug-likeness (QED) is 0.591. The maximum atomic E-state index is 12.8. The molecular weight excluding hydrogens is 225 g/mol. The molecule has 1 rings (SSSR count). The van der Waals surface area contributed by atoms with E-state index in [0.717, 1.165) is 6.07 Å². The van der Waals surface area contributed by atoms with Gasteiger partial charge in [0.1, 0.15) is 5.56 Å². The third-order valence-electron chi connectivity index (χ3n) is 1.33. The van der Waals surface area contributed by atoms with E-state index < -0.39 is 33.2 Å². The first kappa shape index (κ1) is 10.2. The van der Waals surface area contributed by atoms with Gasteiger partial charge in [-0.05, 0) is 6.07 Å². The molecular formula is C7H2Cl2F2O2. The van der Waals surface area contributed by atoms with Crippen molar-refractivity contribution in [1.82, 2.24) is 0 Å². The molecule has 2 nitrogen and oxygen atoms in total. The number of carbonyl (C=O) groups is 1. The first-order valence-electron chi connectivity index (χ1n) is 3.01. The van der Waals surface area contributed by atoms with Gasteiger partial charge in [0.05, 0.1) is 10.0 Å². The van der Waals surface area contributed by atoms with Crippen molar-refractivity contribution in [2.75, 3.05) is 0 Å². The summed E-state index contributed by atoms with van der Waals surface area (Å²) >= 11 is 10.5. The van der Waals surface area contributed by atoms with Crippen molar-refractivity contribution in [2.45, 2.75) is 0 Å². The van der Waals surface area contributed by atoms with Crippen LogP contribution in [0.15, 0.2) is 6.07 Å². The van der Waals surface area contributed by atoms with Crippen LogP contribution in [0, 0.1) is 11.6 Å². The van der Waals surface area contributed by atoms with Crippen molar-refractivity contribution in [3.63, 3.8) is 0 Å². The number of hydrogen-bond donors (Lipinski definition) is 1. The molecule has 0 aliphatic rings. The van der Waals surface area contributed by atoms with Crippen LogP contribution in [0.2, 0.25) is 10.0 Å². The van der Waals surface area contributed by atoms with Crippen LogP contribution >= 0.6 is 23.2 Å². The summed E-state index contributed by atoms with van der Waals surface area (Å²) in [7, 11) is 0. The largest absolute Gasteiger partial charge is 0.478 e. The van der Waals surface area contributed by atoms with Crippen LogP contribution in [0.5, 0.6) is 0 Å². The van der Waals surface area contributed by atoms with E-state index >= 15 is 0 Å². The lowest BCUT2D eigenvalue weighted by atomic mass is 10.2. The molecule has 0 amide bonds. The number of carboxylic acids is 1. The Balaban J connectivity index is 3.53. The molecule has 13 heavy (non-hydrogen) atoms. The highest BCUT2D eigenvalue weighted by atomic mass is 35.5. The Hall–Kier alpha value is -0.870. The van der Waals surface area contributed by atoms with Gasteiger partial charge in [-0.25, -0.2) is 13.6 Å². The molecule has 0 aromatic heterocycles. The van der Waals surface area contributed by atoms with Crippen molar-refractivity contribution >= 4 is 29.2 Å². The molecule has 0 unspecified atom stereocenters. The third kappa shape index (κ3) is 1.73. The molecule has 0 fully saturated rings. The Morgan fingerprint density at radius 3 is 2.23 bits per heavy atom. The minimum absolute atomic E-state index is 0.434. The van der Waals surface area contributed by atoms with Crippen molar-refractivity contribution in [3.05, 3.63) is 33.3 Å². The fourth-order valence-corrected chi connectivity index (χ4v) is 1.28. The van der Waals surface area contributed by atoms with Gasteiger partial charge in [-0.2, -0.15) is 0 Å². The first-order chi connectivity index (χ1) is 5.95. The number of hydrogen-bond acceptors (Lipinski definition) is 1. The van der Waals surface area contributed by atoms with Crippen LogP contribution in [0.1, 0.15) is 10.4 Å². The van der Waals surface area contributed by atoms with Crippen molar-refractivity contribution in [3.8, 4) is 0 Å². The molecule has 0 atom stereocenters. The fraction of sp³-hybridized carbons (Fsp3) is 0. The van der Waals surface area contributed by atoms with Crippen molar-refractivity contribution in [1.29, 1.82) is 0 Å². The summed E-state index contributed by atoms with van der Waals surface area (Å²) in [5.41, 5.74) is -0.913. The van der Waals surface area contributed by atoms with E-state index in [-0.39, 0.29) is 0 Å². The van der Waals surface area contributed by atoms with Gasteiger partial charge in [-0.1, -0.05) is 23.2 Å². The lowest BCUT2D eigenvalue weighted by Gasteiger charge is -2.02. The molecule has 0 aliphatic carbocycles. The van der Waals surface area contributed by atoms with Crippen LogP contribution in [0.25, 0.3) is 0 Å². The SMILES string of the molecule is O=C(O)c1c(Cl)cc(Cl)c(F)c1F. The molecule has 0 bridgehead atoms. The van der Waals surface area contributed by atoms with Gasteiger partial charge in [-0.15, -0.1) is 0 Å². The number of aromatic carboxylic acids is 1. The average molecular weight is 227 g/mol. The predicted octanol–water partition coefficient (Wildman–Crippen LogP) is 2.97. The molecule has 0 spiro atoms. The summed E-state index contributed by atoms with van der Waals surface area (Å²) in [6.07, 6.45) is 0. The second kappa shape index (κ2) is 3.47. The Labute approximate surface area is 81.7 Å². The molecule has 0 saturated heterocycles. The summed E-state index contributed by atoms with van der Waals surface area (Å²) < 4.78 is 25.6. The van der Waals surface area contributed by atoms with E-state index in [2.05, 4.69) is 0 Å². The zero-order valence-electron chi connectivity index (χ0n) is 5.94. The van der Waals surface area contributed by atoms with E-state index in [4.69, 9.17) is 28.3 Å². The van der Waals surface area contributed by atoms with Crippen molar-refractivity contribution in [2.24, 2.45) is 0 Å². The van der Waals surface area contributed by atoms with Gasteiger partial charge in [0.25, 0.3) is 0 Å². The summed E-state index contributed by atoms with van der Waals surface area (Å²) in [5.74, 6) is -4.61. The summed E-state index contributed by atoms with van der Waals surface area (Å²) in [6.45, 7) is 0. The van der Waals surface area contributed by atoms with Gasteiger partial charge in [0.2, 0.25) is 0 Å². The van der Waals surface area contributed by atoms with Crippen LogP contribution in [0.3, 0.4) is 0 Å². The second-order valence-electron chi connectivity index (χ2n) is 2.15. The predicted molar refractivity (Wildman–Crippen MR) is 43.3 cm³/mol. The fourth-order valence-electron chi connectivity index (χ4n) is 0.762. The van der Waals surface area contributed by atoms with Crippen molar-refractivity contribution < 1.29 is 18.7 Å². The smallest absolute Gasteiger partial charge is 0.340 e. The van der Waals surface area contributed by atoms with Gasteiger partial charge < -0.3 is 5.11 Å². The molecule has 1 aromatic rings. The first-order valence-corrected chi connectivity index (χ1v) is 3.77. The number of rotatable bonds is 1. The van der Waals surface area contributed by atoms with Crippen LogP contribution < -0.4 is 0 Å². The molecule has 70 valence electrons. The minimum atomic E-state index is -1.64. The maximum Gasteiger partial charge on any atom is 0.340 e. The van der Waals surface area contributed by atoms with Gasteiger partial charge in [-0.3, -0.25) is 0 Å². The van der Waals surface area contributed by atoms with Gasteiger partial charge in [0.15, 0.2) is 11.6 Å². The molecule has 0 heterocycles. The molecule has 0 radical (unpaired) electrons. The van der Waals surface area contributed by atoms with E-state index in [1.54, 1.807) is 0 Å². The number of benzene rings is 1. The highest BCUT2D eigenvalue weighted by Crippen LogP contribution is 2.27. The van der Waals surface area contributed by atoms with E-state index in [9.17, 15) is 13.6 Å². The molecule has 0 aliphatic heterocycles. The highest BCUT2D eigenvalue weighted by molar-refractivity contribution is 6.36. The highest BCUT2D eigenvalue weighted by Gasteiger charge is 2.21. The van der Waals surface area contributed by atoms with E-state index in [1.165, 1.54) is 0 Å². The van der Waals surface area contributed by atoms with Crippen LogP contribution in [0.4, 0.5) is 8.78 Å². The zero-order valence-corrected chi connectivity index (χ0v) is 7.46. The normalized spacial score (nSPS) is 10.2. The van der Waals surface area contributed by atoms with E-state index in [0.29, 0.717) is 0 Å². The number of carboxylic acid groups (broad SMARTS) is 1. The standard InChI is InChI=1S/C7H2Cl2F2O2/c8-2-1-3(9)5(10)6(11)4(2)7(12)13/h1H,(H,12,13). The van der Waals surface area contributed by atoms with Gasteiger partial charge in [0, 0.05) is 0 Å². The molecule has 6 heteroatoms. The Kier molecular flexibility index (Phi) is 2.73. The number of halogens is 4.